The van der Waals surface area contributed by atoms with Crippen LogP contribution in [0.5, 0.6) is 0 Å². The maximum absolute atomic E-state index is 3.63. The number of hydrogen-bond donors (Lipinski definition) is 2. The molecule has 2 fully saturated rings. The lowest BCUT2D eigenvalue weighted by atomic mass is 10.0. The number of piperidine rings is 1. The van der Waals surface area contributed by atoms with E-state index >= 15 is 0 Å². The zero-order valence-electron chi connectivity index (χ0n) is 10.7. The first-order valence-corrected chi connectivity index (χ1v) is 6.97. The van der Waals surface area contributed by atoms with Gasteiger partial charge in [0.1, 0.15) is 0 Å². The van der Waals surface area contributed by atoms with Gasteiger partial charge in [-0.1, -0.05) is 6.42 Å². The summed E-state index contributed by atoms with van der Waals surface area (Å²) in [5, 5.41) is 7.23. The Balaban J connectivity index is 1.48. The van der Waals surface area contributed by atoms with Gasteiger partial charge >= 0.3 is 0 Å². The van der Waals surface area contributed by atoms with Crippen molar-refractivity contribution in [3.8, 4) is 0 Å². The van der Waals surface area contributed by atoms with Gasteiger partial charge in [-0.3, -0.25) is 0 Å². The largest absolute Gasteiger partial charge is 0.316 e. The highest BCUT2D eigenvalue weighted by Gasteiger charge is 2.18. The summed E-state index contributed by atoms with van der Waals surface area (Å²) in [7, 11) is 2.23. The topological polar surface area (TPSA) is 27.3 Å². The number of nitrogens with zero attached hydrogens (tertiary/aromatic N) is 1. The molecule has 0 saturated carbocycles. The van der Waals surface area contributed by atoms with E-state index in [0.717, 1.165) is 12.0 Å². The Labute approximate surface area is 100.0 Å². The van der Waals surface area contributed by atoms with Crippen molar-refractivity contribution in [2.75, 3.05) is 39.8 Å². The van der Waals surface area contributed by atoms with Crippen LogP contribution < -0.4 is 10.6 Å². The SMILES string of the molecule is CN1CCC(CNCCC2CCCCN2)C1. The molecule has 0 spiro atoms. The summed E-state index contributed by atoms with van der Waals surface area (Å²) in [5.74, 6) is 0.893. The van der Waals surface area contributed by atoms with Gasteiger partial charge in [0.15, 0.2) is 0 Å². The standard InChI is InChI=1S/C13H27N3/c1-16-9-6-12(11-16)10-14-8-5-13-4-2-3-7-15-13/h12-15H,2-11H2,1H3. The molecule has 0 aromatic carbocycles. The zero-order chi connectivity index (χ0) is 11.2. The van der Waals surface area contributed by atoms with Crippen LogP contribution in [-0.4, -0.2) is 50.7 Å². The minimum Gasteiger partial charge on any atom is -0.316 e. The third-order valence-corrected chi connectivity index (χ3v) is 4.00. The van der Waals surface area contributed by atoms with Crippen LogP contribution in [0.25, 0.3) is 0 Å². The summed E-state index contributed by atoms with van der Waals surface area (Å²) in [6.07, 6.45) is 6.87. The lowest BCUT2D eigenvalue weighted by molar-refractivity contribution is 0.363. The molecule has 0 bridgehead atoms. The molecule has 0 amide bonds. The number of likely N-dealkylation sites (tertiary alicyclic amines) is 1. The lowest BCUT2D eigenvalue weighted by Gasteiger charge is -2.23. The van der Waals surface area contributed by atoms with Gasteiger partial charge in [0.25, 0.3) is 0 Å². The molecule has 3 nitrogen and oxygen atoms in total. The van der Waals surface area contributed by atoms with Crippen molar-refractivity contribution in [3.63, 3.8) is 0 Å². The minimum atomic E-state index is 0.785. The van der Waals surface area contributed by atoms with Gasteiger partial charge in [0.2, 0.25) is 0 Å². The van der Waals surface area contributed by atoms with Crippen LogP contribution in [0.2, 0.25) is 0 Å². The number of rotatable bonds is 5. The van der Waals surface area contributed by atoms with Gasteiger partial charge in [0, 0.05) is 12.6 Å². The van der Waals surface area contributed by atoms with Crippen molar-refractivity contribution in [2.24, 2.45) is 5.92 Å². The van der Waals surface area contributed by atoms with Crippen LogP contribution in [0.1, 0.15) is 32.1 Å². The summed E-state index contributed by atoms with van der Waals surface area (Å²) in [6.45, 7) is 6.22. The summed E-state index contributed by atoms with van der Waals surface area (Å²) in [4.78, 5) is 2.44. The molecule has 2 aliphatic heterocycles. The van der Waals surface area contributed by atoms with Crippen LogP contribution in [0.4, 0.5) is 0 Å². The highest BCUT2D eigenvalue weighted by molar-refractivity contribution is 4.76. The van der Waals surface area contributed by atoms with Gasteiger partial charge < -0.3 is 15.5 Å². The molecule has 0 aromatic heterocycles. The van der Waals surface area contributed by atoms with Crippen LogP contribution in [0.15, 0.2) is 0 Å². The molecular weight excluding hydrogens is 198 g/mol. The molecule has 16 heavy (non-hydrogen) atoms. The first-order chi connectivity index (χ1) is 7.84. The summed E-state index contributed by atoms with van der Waals surface area (Å²) in [6, 6.07) is 0.785. The van der Waals surface area contributed by atoms with Crippen LogP contribution >= 0.6 is 0 Å². The smallest absolute Gasteiger partial charge is 0.00791 e. The lowest BCUT2D eigenvalue weighted by Crippen LogP contribution is -2.37. The first-order valence-electron chi connectivity index (χ1n) is 6.97. The van der Waals surface area contributed by atoms with Crippen LogP contribution in [0.3, 0.4) is 0 Å². The van der Waals surface area contributed by atoms with Gasteiger partial charge in [0.05, 0.1) is 0 Å². The molecule has 0 radical (unpaired) electrons. The molecule has 2 heterocycles. The van der Waals surface area contributed by atoms with Gasteiger partial charge in [-0.2, -0.15) is 0 Å². The van der Waals surface area contributed by atoms with E-state index in [2.05, 4.69) is 22.6 Å². The first kappa shape index (κ1) is 12.3. The zero-order valence-corrected chi connectivity index (χ0v) is 10.7. The molecule has 2 rings (SSSR count). The van der Waals surface area contributed by atoms with E-state index in [4.69, 9.17) is 0 Å². The van der Waals surface area contributed by atoms with Crippen molar-refractivity contribution in [2.45, 2.75) is 38.1 Å². The van der Waals surface area contributed by atoms with Crippen molar-refractivity contribution in [1.82, 2.24) is 15.5 Å². The second kappa shape index (κ2) is 6.58. The monoisotopic (exact) mass is 225 g/mol. The van der Waals surface area contributed by atoms with Gasteiger partial charge in [-0.15, -0.1) is 0 Å². The Kier molecular flexibility index (Phi) is 5.07. The fourth-order valence-corrected chi connectivity index (χ4v) is 2.95. The Morgan fingerprint density at radius 3 is 2.94 bits per heavy atom. The second-order valence-corrected chi connectivity index (χ2v) is 5.56. The molecule has 0 aliphatic carbocycles. The third kappa shape index (κ3) is 4.04. The highest BCUT2D eigenvalue weighted by atomic mass is 15.1. The Morgan fingerprint density at radius 2 is 2.25 bits per heavy atom. The molecular formula is C13H27N3. The normalized spacial score (nSPS) is 32.1. The van der Waals surface area contributed by atoms with E-state index < -0.39 is 0 Å². The summed E-state index contributed by atoms with van der Waals surface area (Å²) >= 11 is 0. The van der Waals surface area contributed by atoms with Crippen molar-refractivity contribution in [1.29, 1.82) is 0 Å². The molecule has 2 unspecified atom stereocenters. The van der Waals surface area contributed by atoms with E-state index in [1.54, 1.807) is 0 Å². The maximum atomic E-state index is 3.63. The molecule has 3 heteroatoms. The maximum Gasteiger partial charge on any atom is 0.00791 e. The van der Waals surface area contributed by atoms with E-state index in [1.807, 2.05) is 0 Å². The fourth-order valence-electron chi connectivity index (χ4n) is 2.95. The molecule has 0 aromatic rings. The number of nitrogens with one attached hydrogen (secondary N) is 2. The molecule has 94 valence electrons. The molecule has 2 N–H and O–H groups in total. The summed E-state index contributed by atoms with van der Waals surface area (Å²) in [5.41, 5.74) is 0. The number of hydrogen-bond acceptors (Lipinski definition) is 3. The Morgan fingerprint density at radius 1 is 1.31 bits per heavy atom. The Bertz CT molecular complexity index is 183. The predicted molar refractivity (Wildman–Crippen MR) is 68.7 cm³/mol. The van der Waals surface area contributed by atoms with E-state index in [0.29, 0.717) is 0 Å². The van der Waals surface area contributed by atoms with Gasteiger partial charge in [-0.25, -0.2) is 0 Å². The average Bonchev–Trinajstić information content (AvgIpc) is 2.72. The molecule has 2 saturated heterocycles. The molecule has 2 atom stereocenters. The highest BCUT2D eigenvalue weighted by Crippen LogP contribution is 2.13. The van der Waals surface area contributed by atoms with E-state index in [-0.39, 0.29) is 0 Å². The summed E-state index contributed by atoms with van der Waals surface area (Å²) < 4.78 is 0. The quantitative estimate of drug-likeness (QED) is 0.685. The van der Waals surface area contributed by atoms with E-state index in [1.165, 1.54) is 64.8 Å². The van der Waals surface area contributed by atoms with E-state index in [9.17, 15) is 0 Å². The van der Waals surface area contributed by atoms with Crippen LogP contribution in [0, 0.1) is 5.92 Å². The second-order valence-electron chi connectivity index (χ2n) is 5.56. The fraction of sp³-hybridized carbons (Fsp3) is 1.00. The van der Waals surface area contributed by atoms with Crippen molar-refractivity contribution >= 4 is 0 Å². The third-order valence-electron chi connectivity index (χ3n) is 4.00. The molecule has 2 aliphatic rings. The average molecular weight is 225 g/mol. The van der Waals surface area contributed by atoms with Crippen LogP contribution in [-0.2, 0) is 0 Å². The predicted octanol–water partition coefficient (Wildman–Crippen LogP) is 1.06. The minimum absolute atomic E-state index is 0.785. The van der Waals surface area contributed by atoms with Gasteiger partial charge in [-0.05, 0) is 64.8 Å². The Hall–Kier alpha value is -0.120. The van der Waals surface area contributed by atoms with Crippen molar-refractivity contribution in [3.05, 3.63) is 0 Å². The van der Waals surface area contributed by atoms with Crippen molar-refractivity contribution < 1.29 is 0 Å².